The van der Waals surface area contributed by atoms with Crippen molar-refractivity contribution in [2.45, 2.75) is 6.54 Å². The second-order valence-corrected chi connectivity index (χ2v) is 4.45. The number of hydrogen-bond donors (Lipinski definition) is 2. The van der Waals surface area contributed by atoms with Crippen molar-refractivity contribution in [1.29, 1.82) is 0 Å². The maximum Gasteiger partial charge on any atom is 0.273 e. The number of rotatable bonds is 4. The van der Waals surface area contributed by atoms with Gasteiger partial charge in [0.2, 0.25) is 0 Å². The first-order valence-electron chi connectivity index (χ1n) is 6.53. The van der Waals surface area contributed by atoms with Crippen LogP contribution in [0.3, 0.4) is 0 Å². The van der Waals surface area contributed by atoms with E-state index >= 15 is 0 Å². The fourth-order valence-corrected chi connectivity index (χ4v) is 1.89. The number of carbonyl (C=O) groups is 1. The Bertz CT molecular complexity index is 785. The van der Waals surface area contributed by atoms with Crippen LogP contribution in [0.4, 0.5) is 5.82 Å². The van der Waals surface area contributed by atoms with Crippen LogP contribution in [0.15, 0.2) is 49.2 Å². The molecule has 0 radical (unpaired) electrons. The van der Waals surface area contributed by atoms with E-state index in [1.165, 1.54) is 12.4 Å². The summed E-state index contributed by atoms with van der Waals surface area (Å²) in [5.41, 5.74) is 6.62. The molecule has 0 aliphatic rings. The van der Waals surface area contributed by atoms with Gasteiger partial charge in [0, 0.05) is 37.5 Å². The summed E-state index contributed by atoms with van der Waals surface area (Å²) < 4.78 is 1.64. The molecule has 0 bridgehead atoms. The van der Waals surface area contributed by atoms with Gasteiger partial charge in [-0.15, -0.1) is 0 Å². The Morgan fingerprint density at radius 3 is 2.82 bits per heavy atom. The predicted octanol–water partition coefficient (Wildman–Crippen LogP) is 0.569. The van der Waals surface area contributed by atoms with Gasteiger partial charge in [0.05, 0.1) is 0 Å². The maximum absolute atomic E-state index is 12.0. The molecule has 3 rings (SSSR count). The van der Waals surface area contributed by atoms with Crippen LogP contribution in [0.5, 0.6) is 0 Å². The van der Waals surface area contributed by atoms with Gasteiger partial charge in [-0.2, -0.15) is 5.10 Å². The molecule has 3 heterocycles. The number of nitrogen functional groups attached to an aromatic ring is 1. The Morgan fingerprint density at radius 1 is 1.18 bits per heavy atom. The Balaban J connectivity index is 1.71. The molecule has 0 saturated heterocycles. The third kappa shape index (κ3) is 2.90. The first kappa shape index (κ1) is 13.7. The van der Waals surface area contributed by atoms with Gasteiger partial charge in [-0.3, -0.25) is 4.79 Å². The maximum atomic E-state index is 12.0. The fraction of sp³-hybridized carbons (Fsp3) is 0.0714. The second-order valence-electron chi connectivity index (χ2n) is 4.45. The number of aromatic nitrogens is 5. The average Bonchev–Trinajstić information content (AvgIpc) is 3.08. The summed E-state index contributed by atoms with van der Waals surface area (Å²) in [5.74, 6) is 0.408. The van der Waals surface area contributed by atoms with Gasteiger partial charge in [-0.25, -0.2) is 19.6 Å². The number of amides is 1. The molecule has 0 atom stereocenters. The first-order valence-corrected chi connectivity index (χ1v) is 6.53. The van der Waals surface area contributed by atoms with Crippen LogP contribution < -0.4 is 11.1 Å². The van der Waals surface area contributed by atoms with E-state index in [9.17, 15) is 4.79 Å². The fourth-order valence-electron chi connectivity index (χ4n) is 1.89. The summed E-state index contributed by atoms with van der Waals surface area (Å²) in [6, 6.07) is 5.47. The zero-order chi connectivity index (χ0) is 15.4. The van der Waals surface area contributed by atoms with Crippen molar-refractivity contribution < 1.29 is 4.79 Å². The third-order valence-electron chi connectivity index (χ3n) is 2.94. The lowest BCUT2D eigenvalue weighted by atomic mass is 10.2. The summed E-state index contributed by atoms with van der Waals surface area (Å²) in [6.45, 7) is 0.325. The molecule has 0 spiro atoms. The molecule has 0 saturated carbocycles. The molecule has 3 N–H and O–H groups in total. The third-order valence-corrected chi connectivity index (χ3v) is 2.94. The largest absolute Gasteiger partial charge is 0.382 e. The van der Waals surface area contributed by atoms with Crippen LogP contribution in [-0.2, 0) is 6.54 Å². The minimum atomic E-state index is -0.372. The van der Waals surface area contributed by atoms with Gasteiger partial charge in [0.25, 0.3) is 5.91 Å². The van der Waals surface area contributed by atoms with E-state index in [0.717, 1.165) is 5.56 Å². The SMILES string of the molecule is Nc1nccnc1C(=O)NCc1ccnc(-n2cccn2)c1. The Kier molecular flexibility index (Phi) is 3.73. The summed E-state index contributed by atoms with van der Waals surface area (Å²) in [6.07, 6.45) is 7.99. The van der Waals surface area contributed by atoms with Crippen molar-refractivity contribution in [3.05, 3.63) is 60.4 Å². The smallest absolute Gasteiger partial charge is 0.273 e. The molecular formula is C14H13N7O. The highest BCUT2D eigenvalue weighted by molar-refractivity contribution is 5.96. The van der Waals surface area contributed by atoms with Crippen molar-refractivity contribution in [2.75, 3.05) is 5.73 Å². The molecule has 0 aromatic carbocycles. The topological polar surface area (TPSA) is 112 Å². The van der Waals surface area contributed by atoms with Gasteiger partial charge in [-0.05, 0) is 23.8 Å². The highest BCUT2D eigenvalue weighted by Gasteiger charge is 2.11. The lowest BCUT2D eigenvalue weighted by Crippen LogP contribution is -2.25. The van der Waals surface area contributed by atoms with Gasteiger partial charge >= 0.3 is 0 Å². The Labute approximate surface area is 126 Å². The number of pyridine rings is 1. The van der Waals surface area contributed by atoms with E-state index in [1.54, 1.807) is 23.3 Å². The van der Waals surface area contributed by atoms with Crippen LogP contribution in [-0.4, -0.2) is 30.6 Å². The zero-order valence-corrected chi connectivity index (χ0v) is 11.5. The predicted molar refractivity (Wildman–Crippen MR) is 79.0 cm³/mol. The quantitative estimate of drug-likeness (QED) is 0.727. The molecule has 8 heteroatoms. The number of nitrogens with zero attached hydrogens (tertiary/aromatic N) is 5. The summed E-state index contributed by atoms with van der Waals surface area (Å²) in [4.78, 5) is 24.0. The van der Waals surface area contributed by atoms with Crippen molar-refractivity contribution in [2.24, 2.45) is 0 Å². The standard InChI is InChI=1S/C14H13N7O/c15-13-12(17-5-6-18-13)14(22)19-9-10-2-4-16-11(8-10)21-7-1-3-20-21/h1-8H,9H2,(H2,15,18)(H,19,22). The number of nitrogens with one attached hydrogen (secondary N) is 1. The highest BCUT2D eigenvalue weighted by atomic mass is 16.1. The first-order chi connectivity index (χ1) is 10.7. The summed E-state index contributed by atoms with van der Waals surface area (Å²) in [5, 5.41) is 6.86. The number of nitrogens with two attached hydrogens (primary N) is 1. The number of hydrogen-bond acceptors (Lipinski definition) is 6. The number of carbonyl (C=O) groups excluding carboxylic acids is 1. The van der Waals surface area contributed by atoms with Crippen molar-refractivity contribution in [3.63, 3.8) is 0 Å². The molecule has 110 valence electrons. The molecule has 0 aliphatic heterocycles. The minimum absolute atomic E-state index is 0.104. The Morgan fingerprint density at radius 2 is 2.05 bits per heavy atom. The van der Waals surface area contributed by atoms with Crippen LogP contribution in [0.1, 0.15) is 16.1 Å². The van der Waals surface area contributed by atoms with Crippen LogP contribution in [0, 0.1) is 0 Å². The lowest BCUT2D eigenvalue weighted by Gasteiger charge is -2.07. The normalized spacial score (nSPS) is 10.4. The lowest BCUT2D eigenvalue weighted by molar-refractivity contribution is 0.0946. The van der Waals surface area contributed by atoms with Crippen LogP contribution >= 0.6 is 0 Å². The average molecular weight is 295 g/mol. The molecule has 8 nitrogen and oxygen atoms in total. The summed E-state index contributed by atoms with van der Waals surface area (Å²) >= 11 is 0. The molecular weight excluding hydrogens is 282 g/mol. The molecule has 0 fully saturated rings. The van der Waals surface area contributed by atoms with E-state index in [1.807, 2.05) is 18.2 Å². The van der Waals surface area contributed by atoms with Gasteiger partial charge in [0.1, 0.15) is 0 Å². The van der Waals surface area contributed by atoms with E-state index < -0.39 is 0 Å². The molecule has 3 aromatic heterocycles. The zero-order valence-electron chi connectivity index (χ0n) is 11.5. The van der Waals surface area contributed by atoms with Crippen molar-refractivity contribution in [1.82, 2.24) is 30.0 Å². The van der Waals surface area contributed by atoms with Crippen molar-refractivity contribution >= 4 is 11.7 Å². The molecule has 1 amide bonds. The van der Waals surface area contributed by atoms with E-state index in [2.05, 4.69) is 25.4 Å². The number of anilines is 1. The molecule has 0 unspecified atom stereocenters. The van der Waals surface area contributed by atoms with Gasteiger partial charge < -0.3 is 11.1 Å². The minimum Gasteiger partial charge on any atom is -0.382 e. The summed E-state index contributed by atoms with van der Waals surface area (Å²) in [7, 11) is 0. The second kappa shape index (κ2) is 6.00. The monoisotopic (exact) mass is 295 g/mol. The van der Waals surface area contributed by atoms with E-state index in [-0.39, 0.29) is 17.4 Å². The Hall–Kier alpha value is -3.29. The van der Waals surface area contributed by atoms with Crippen LogP contribution in [0.25, 0.3) is 5.82 Å². The van der Waals surface area contributed by atoms with E-state index in [4.69, 9.17) is 5.73 Å². The molecule has 0 aliphatic carbocycles. The molecule has 3 aromatic rings. The van der Waals surface area contributed by atoms with Gasteiger partial charge in [0.15, 0.2) is 17.3 Å². The van der Waals surface area contributed by atoms with E-state index in [0.29, 0.717) is 12.4 Å². The highest BCUT2D eigenvalue weighted by Crippen LogP contribution is 2.07. The molecule has 22 heavy (non-hydrogen) atoms. The van der Waals surface area contributed by atoms with Gasteiger partial charge in [-0.1, -0.05) is 0 Å². The van der Waals surface area contributed by atoms with Crippen LogP contribution in [0.2, 0.25) is 0 Å². The van der Waals surface area contributed by atoms with Crippen molar-refractivity contribution in [3.8, 4) is 5.82 Å².